The van der Waals surface area contributed by atoms with Gasteiger partial charge in [-0.1, -0.05) is 11.6 Å². The predicted octanol–water partition coefficient (Wildman–Crippen LogP) is 4.19. The minimum atomic E-state index is -4.27. The van der Waals surface area contributed by atoms with E-state index in [1.807, 2.05) is 0 Å². The highest BCUT2D eigenvalue weighted by atomic mass is 79.9. The average Bonchev–Trinajstić information content (AvgIpc) is 2.36. The van der Waals surface area contributed by atoms with Crippen LogP contribution in [-0.2, 0) is 10.0 Å². The van der Waals surface area contributed by atoms with E-state index in [4.69, 9.17) is 16.3 Å². The van der Waals surface area contributed by atoms with E-state index in [-0.39, 0.29) is 15.2 Å². The Labute approximate surface area is 139 Å². The summed E-state index contributed by atoms with van der Waals surface area (Å²) in [6.07, 6.45) is 0. The molecule has 0 aromatic heterocycles. The molecule has 4 nitrogen and oxygen atoms in total. The van der Waals surface area contributed by atoms with Crippen molar-refractivity contribution in [2.75, 3.05) is 11.8 Å². The number of methoxy groups -OCH3 is 1. The first-order valence-corrected chi connectivity index (χ1v) is 8.41. The van der Waals surface area contributed by atoms with Gasteiger partial charge in [-0.3, -0.25) is 4.72 Å². The van der Waals surface area contributed by atoms with E-state index in [0.717, 1.165) is 6.07 Å². The molecule has 0 aliphatic rings. The predicted molar refractivity (Wildman–Crippen MR) is 82.9 cm³/mol. The van der Waals surface area contributed by atoms with Crippen LogP contribution >= 0.6 is 27.5 Å². The van der Waals surface area contributed by atoms with E-state index in [9.17, 15) is 17.2 Å². The third-order valence-electron chi connectivity index (χ3n) is 2.64. The number of sulfonamides is 1. The number of rotatable bonds is 4. The van der Waals surface area contributed by atoms with Crippen LogP contribution in [0.4, 0.5) is 14.5 Å². The molecule has 2 aromatic rings. The second-order valence-electron chi connectivity index (χ2n) is 4.15. The normalized spacial score (nSPS) is 11.3. The smallest absolute Gasteiger partial charge is 0.265 e. The summed E-state index contributed by atoms with van der Waals surface area (Å²) in [5, 5.41) is 0.182. The fourth-order valence-corrected chi connectivity index (χ4v) is 4.20. The Morgan fingerprint density at radius 3 is 2.45 bits per heavy atom. The molecular weight excluding hydrogens is 404 g/mol. The number of nitrogens with one attached hydrogen (secondary N) is 1. The molecule has 0 radical (unpaired) electrons. The molecule has 0 unspecified atom stereocenters. The third kappa shape index (κ3) is 3.50. The van der Waals surface area contributed by atoms with E-state index in [1.54, 1.807) is 0 Å². The molecule has 0 saturated heterocycles. The number of benzene rings is 2. The van der Waals surface area contributed by atoms with Crippen LogP contribution in [-0.4, -0.2) is 15.5 Å². The van der Waals surface area contributed by atoms with Crippen LogP contribution in [0.25, 0.3) is 0 Å². The van der Waals surface area contributed by atoms with Gasteiger partial charge in [-0.2, -0.15) is 0 Å². The SMILES string of the molecule is COc1ccc(NS(=O)(=O)c2c(F)cc(F)cc2Br)cc1Cl. The highest BCUT2D eigenvalue weighted by Crippen LogP contribution is 2.31. The van der Waals surface area contributed by atoms with Crippen molar-refractivity contribution in [2.24, 2.45) is 0 Å². The van der Waals surface area contributed by atoms with E-state index < -0.39 is 26.6 Å². The first-order valence-electron chi connectivity index (χ1n) is 5.75. The molecule has 0 fully saturated rings. The second-order valence-corrected chi connectivity index (χ2v) is 7.03. The van der Waals surface area contributed by atoms with Gasteiger partial charge in [0.2, 0.25) is 0 Å². The fourth-order valence-electron chi connectivity index (χ4n) is 1.72. The molecule has 118 valence electrons. The van der Waals surface area contributed by atoms with Gasteiger partial charge in [-0.25, -0.2) is 17.2 Å². The van der Waals surface area contributed by atoms with Crippen LogP contribution in [0.2, 0.25) is 5.02 Å². The summed E-state index contributed by atoms with van der Waals surface area (Å²) < 4.78 is 58.2. The Bertz CT molecular complexity index is 807. The Morgan fingerprint density at radius 2 is 1.91 bits per heavy atom. The molecular formula is C13H9BrClF2NO3S. The molecule has 0 spiro atoms. The highest BCUT2D eigenvalue weighted by Gasteiger charge is 2.24. The Kier molecular flexibility index (Phi) is 4.93. The van der Waals surface area contributed by atoms with Gasteiger partial charge in [0.05, 0.1) is 17.8 Å². The van der Waals surface area contributed by atoms with E-state index >= 15 is 0 Å². The van der Waals surface area contributed by atoms with Crippen LogP contribution in [0.5, 0.6) is 5.75 Å². The van der Waals surface area contributed by atoms with Crippen LogP contribution < -0.4 is 9.46 Å². The van der Waals surface area contributed by atoms with Gasteiger partial charge in [-0.05, 0) is 40.2 Å². The summed E-state index contributed by atoms with van der Waals surface area (Å²) in [5.74, 6) is -1.74. The lowest BCUT2D eigenvalue weighted by Crippen LogP contribution is -2.15. The van der Waals surface area contributed by atoms with Crippen LogP contribution in [0.1, 0.15) is 0 Å². The molecule has 2 rings (SSSR count). The van der Waals surface area contributed by atoms with Gasteiger partial charge in [0.25, 0.3) is 10.0 Å². The first-order chi connectivity index (χ1) is 10.2. The Balaban J connectivity index is 2.42. The van der Waals surface area contributed by atoms with Crippen molar-refractivity contribution >= 4 is 43.2 Å². The minimum Gasteiger partial charge on any atom is -0.495 e. The molecule has 2 aromatic carbocycles. The maximum atomic E-state index is 13.8. The fraction of sp³-hybridized carbons (Fsp3) is 0.0769. The van der Waals surface area contributed by atoms with Crippen molar-refractivity contribution < 1.29 is 21.9 Å². The molecule has 0 aliphatic heterocycles. The van der Waals surface area contributed by atoms with E-state index in [2.05, 4.69) is 20.7 Å². The molecule has 0 saturated carbocycles. The van der Waals surface area contributed by atoms with Gasteiger partial charge in [0.15, 0.2) is 0 Å². The zero-order valence-corrected chi connectivity index (χ0v) is 14.2. The number of halogens is 4. The van der Waals surface area contributed by atoms with Crippen molar-refractivity contribution in [3.63, 3.8) is 0 Å². The maximum Gasteiger partial charge on any atom is 0.265 e. The third-order valence-corrected chi connectivity index (χ3v) is 5.28. The number of ether oxygens (including phenoxy) is 1. The largest absolute Gasteiger partial charge is 0.495 e. The molecule has 9 heteroatoms. The number of hydrogen-bond acceptors (Lipinski definition) is 3. The van der Waals surface area contributed by atoms with Crippen molar-refractivity contribution in [1.82, 2.24) is 0 Å². The van der Waals surface area contributed by atoms with Gasteiger partial charge in [0, 0.05) is 10.5 Å². The standard InChI is InChI=1S/C13H9BrClF2NO3S/c1-21-12-3-2-8(6-10(12)15)18-22(19,20)13-9(14)4-7(16)5-11(13)17/h2-6,18H,1H3. The van der Waals surface area contributed by atoms with Gasteiger partial charge in [-0.15, -0.1) is 0 Å². The second kappa shape index (κ2) is 6.39. The molecule has 22 heavy (non-hydrogen) atoms. The van der Waals surface area contributed by atoms with Crippen LogP contribution in [0.15, 0.2) is 39.7 Å². The average molecular weight is 413 g/mol. The Morgan fingerprint density at radius 1 is 1.23 bits per heavy atom. The lowest BCUT2D eigenvalue weighted by Gasteiger charge is -2.12. The quantitative estimate of drug-likeness (QED) is 0.819. The summed E-state index contributed by atoms with van der Waals surface area (Å²) in [6.45, 7) is 0. The zero-order valence-electron chi connectivity index (χ0n) is 11.0. The molecule has 1 N–H and O–H groups in total. The van der Waals surface area contributed by atoms with Crippen molar-refractivity contribution in [2.45, 2.75) is 4.90 Å². The topological polar surface area (TPSA) is 55.4 Å². The lowest BCUT2D eigenvalue weighted by atomic mass is 10.3. The summed E-state index contributed by atoms with van der Waals surface area (Å²) in [7, 11) is -2.85. The van der Waals surface area contributed by atoms with Crippen molar-refractivity contribution in [1.29, 1.82) is 0 Å². The first kappa shape index (κ1) is 17.0. The van der Waals surface area contributed by atoms with Crippen LogP contribution in [0, 0.1) is 11.6 Å². The lowest BCUT2D eigenvalue weighted by molar-refractivity contribution is 0.415. The molecule has 0 bridgehead atoms. The van der Waals surface area contributed by atoms with Crippen molar-refractivity contribution in [3.8, 4) is 5.75 Å². The van der Waals surface area contributed by atoms with E-state index in [1.165, 1.54) is 25.3 Å². The van der Waals surface area contributed by atoms with Gasteiger partial charge < -0.3 is 4.74 Å². The zero-order chi connectivity index (χ0) is 16.5. The van der Waals surface area contributed by atoms with Gasteiger partial charge >= 0.3 is 0 Å². The molecule has 0 aliphatic carbocycles. The van der Waals surface area contributed by atoms with Crippen molar-refractivity contribution in [3.05, 3.63) is 51.5 Å². The Hall–Kier alpha value is -1.38. The van der Waals surface area contributed by atoms with Crippen LogP contribution in [0.3, 0.4) is 0 Å². The van der Waals surface area contributed by atoms with Gasteiger partial charge in [0.1, 0.15) is 22.3 Å². The summed E-state index contributed by atoms with van der Waals surface area (Å²) in [6, 6.07) is 5.51. The minimum absolute atomic E-state index is 0.112. The molecule has 0 atom stereocenters. The number of anilines is 1. The summed E-state index contributed by atoms with van der Waals surface area (Å²) >= 11 is 8.73. The maximum absolute atomic E-state index is 13.8. The molecule has 0 heterocycles. The molecule has 0 amide bonds. The summed E-state index contributed by atoms with van der Waals surface area (Å²) in [5.41, 5.74) is 0.112. The number of hydrogen-bond donors (Lipinski definition) is 1. The van der Waals surface area contributed by atoms with E-state index in [0.29, 0.717) is 11.8 Å². The highest BCUT2D eigenvalue weighted by molar-refractivity contribution is 9.10. The summed E-state index contributed by atoms with van der Waals surface area (Å²) in [4.78, 5) is -0.694. The monoisotopic (exact) mass is 411 g/mol.